The number of carbonyl (C=O) groups excluding carboxylic acids is 1. The molecule has 0 aliphatic rings. The zero-order chi connectivity index (χ0) is 19.6. The lowest BCUT2D eigenvalue weighted by Crippen LogP contribution is -2.27. The Morgan fingerprint density at radius 3 is 2.70 bits per heavy atom. The summed E-state index contributed by atoms with van der Waals surface area (Å²) in [5.41, 5.74) is 1.12. The lowest BCUT2D eigenvalue weighted by molar-refractivity contribution is -0.153. The van der Waals surface area contributed by atoms with Gasteiger partial charge in [-0.3, -0.25) is 9.78 Å². The quantitative estimate of drug-likeness (QED) is 0.653. The molecule has 2 heterocycles. The van der Waals surface area contributed by atoms with Gasteiger partial charge in [-0.1, -0.05) is 6.07 Å². The summed E-state index contributed by atoms with van der Waals surface area (Å²) in [6.07, 6.45) is -3.28. The van der Waals surface area contributed by atoms with Crippen LogP contribution in [0.3, 0.4) is 0 Å². The third-order valence-electron chi connectivity index (χ3n) is 3.81. The van der Waals surface area contributed by atoms with E-state index in [1.165, 1.54) is 30.3 Å². The van der Waals surface area contributed by atoms with E-state index in [1.54, 1.807) is 13.0 Å². The average Bonchev–Trinajstić information content (AvgIpc) is 3.05. The lowest BCUT2D eigenvalue weighted by atomic mass is 10.2. The molecule has 1 aromatic carbocycles. The Morgan fingerprint density at radius 2 is 2.07 bits per heavy atom. The van der Waals surface area contributed by atoms with Crippen molar-refractivity contribution >= 4 is 16.8 Å². The summed E-state index contributed by atoms with van der Waals surface area (Å²) in [6, 6.07) is 8.17. The number of hydrogen-bond acceptors (Lipinski definition) is 3. The number of nitrogens with one attached hydrogen (secondary N) is 2. The Bertz CT molecular complexity index is 951. The molecule has 0 bridgehead atoms. The number of benzene rings is 1. The fraction of sp³-hybridized carbons (Fsp3) is 0.222. The van der Waals surface area contributed by atoms with Crippen LogP contribution in [0.2, 0.25) is 0 Å². The highest BCUT2D eigenvalue weighted by atomic mass is 19.4. The van der Waals surface area contributed by atoms with Crippen LogP contribution in [0.25, 0.3) is 10.9 Å². The normalized spacial score (nSPS) is 12.8. The second-order valence-corrected chi connectivity index (χ2v) is 5.90. The van der Waals surface area contributed by atoms with Crippen molar-refractivity contribution in [1.82, 2.24) is 15.3 Å². The largest absolute Gasteiger partial charge is 0.483 e. The number of aromatic amines is 1. The van der Waals surface area contributed by atoms with Crippen molar-refractivity contribution in [3.63, 3.8) is 0 Å². The molecule has 0 unspecified atom stereocenters. The van der Waals surface area contributed by atoms with Gasteiger partial charge in [0.15, 0.2) is 6.61 Å². The number of pyridine rings is 1. The van der Waals surface area contributed by atoms with E-state index in [1.807, 2.05) is 0 Å². The van der Waals surface area contributed by atoms with Crippen LogP contribution in [0.5, 0.6) is 5.75 Å². The van der Waals surface area contributed by atoms with Crippen molar-refractivity contribution in [3.05, 3.63) is 59.8 Å². The Hall–Kier alpha value is -3.10. The zero-order valence-electron chi connectivity index (χ0n) is 14.1. The number of halogens is 4. The first-order valence-corrected chi connectivity index (χ1v) is 7.96. The van der Waals surface area contributed by atoms with Crippen LogP contribution in [-0.2, 0) is 0 Å². The molecule has 3 aromatic rings. The van der Waals surface area contributed by atoms with Gasteiger partial charge in [-0.15, -0.1) is 0 Å². The van der Waals surface area contributed by atoms with Gasteiger partial charge in [-0.25, -0.2) is 4.39 Å². The molecule has 0 saturated heterocycles. The van der Waals surface area contributed by atoms with Crippen LogP contribution in [0.1, 0.15) is 29.1 Å². The monoisotopic (exact) mass is 381 g/mol. The number of hydrogen-bond donors (Lipinski definition) is 2. The SMILES string of the molecule is C[C@@H](NC(=O)c1cc2c(F)cccc2[nH]1)c1ccc(OCC(F)(F)F)cn1. The zero-order valence-corrected chi connectivity index (χ0v) is 14.1. The second-order valence-electron chi connectivity index (χ2n) is 5.90. The van der Waals surface area contributed by atoms with Crippen LogP contribution in [-0.4, -0.2) is 28.7 Å². The minimum absolute atomic E-state index is 0.0271. The molecule has 2 aromatic heterocycles. The summed E-state index contributed by atoms with van der Waals surface area (Å²) in [5, 5.41) is 3.00. The van der Waals surface area contributed by atoms with Gasteiger partial charge in [0.2, 0.25) is 0 Å². The maximum absolute atomic E-state index is 13.7. The summed E-state index contributed by atoms with van der Waals surface area (Å²) in [4.78, 5) is 19.2. The van der Waals surface area contributed by atoms with Gasteiger partial charge < -0.3 is 15.0 Å². The van der Waals surface area contributed by atoms with Crippen molar-refractivity contribution in [3.8, 4) is 5.75 Å². The Kier molecular flexibility index (Phi) is 5.02. The fourth-order valence-electron chi connectivity index (χ4n) is 2.49. The summed E-state index contributed by atoms with van der Waals surface area (Å²) in [6.45, 7) is 0.261. The number of fused-ring (bicyclic) bond motifs is 1. The van der Waals surface area contributed by atoms with E-state index in [0.29, 0.717) is 16.6 Å². The first-order valence-electron chi connectivity index (χ1n) is 7.96. The molecule has 3 rings (SSSR count). The average molecular weight is 381 g/mol. The molecule has 0 fully saturated rings. The fourth-order valence-corrected chi connectivity index (χ4v) is 2.49. The summed E-state index contributed by atoms with van der Waals surface area (Å²) in [5.74, 6) is -0.926. The molecule has 0 saturated carbocycles. The smallest absolute Gasteiger partial charge is 0.422 e. The van der Waals surface area contributed by atoms with E-state index < -0.39 is 30.5 Å². The molecule has 0 aliphatic carbocycles. The van der Waals surface area contributed by atoms with Crippen LogP contribution < -0.4 is 10.1 Å². The Labute approximate surface area is 151 Å². The molecule has 1 amide bonds. The molecule has 27 heavy (non-hydrogen) atoms. The number of amides is 1. The lowest BCUT2D eigenvalue weighted by Gasteiger charge is -2.14. The summed E-state index contributed by atoms with van der Waals surface area (Å²) < 4.78 is 54.7. The molecule has 9 heteroatoms. The number of H-pyrrole nitrogens is 1. The van der Waals surface area contributed by atoms with E-state index in [9.17, 15) is 22.4 Å². The van der Waals surface area contributed by atoms with Crippen molar-refractivity contribution < 1.29 is 27.1 Å². The predicted molar refractivity (Wildman–Crippen MR) is 89.9 cm³/mol. The minimum atomic E-state index is -4.43. The van der Waals surface area contributed by atoms with E-state index in [2.05, 4.69) is 20.0 Å². The van der Waals surface area contributed by atoms with Crippen molar-refractivity contribution in [2.45, 2.75) is 19.1 Å². The van der Waals surface area contributed by atoms with Gasteiger partial charge in [0.05, 0.1) is 17.9 Å². The molecule has 0 radical (unpaired) electrons. The molecule has 5 nitrogen and oxygen atoms in total. The van der Waals surface area contributed by atoms with Crippen LogP contribution in [0, 0.1) is 5.82 Å². The van der Waals surface area contributed by atoms with Crippen LogP contribution >= 0.6 is 0 Å². The first kappa shape index (κ1) is 18.7. The van der Waals surface area contributed by atoms with Gasteiger partial charge in [0.1, 0.15) is 17.3 Å². The Balaban J connectivity index is 1.66. The van der Waals surface area contributed by atoms with Gasteiger partial charge in [-0.05, 0) is 37.3 Å². The molecule has 2 N–H and O–H groups in total. The van der Waals surface area contributed by atoms with Gasteiger partial charge in [-0.2, -0.15) is 13.2 Å². The van der Waals surface area contributed by atoms with Crippen molar-refractivity contribution in [1.29, 1.82) is 0 Å². The number of alkyl halides is 3. The third-order valence-corrected chi connectivity index (χ3v) is 3.81. The summed E-state index contributed by atoms with van der Waals surface area (Å²) in [7, 11) is 0. The number of carbonyl (C=O) groups is 1. The molecule has 0 spiro atoms. The molecular formula is C18H15F4N3O2. The van der Waals surface area contributed by atoms with Crippen molar-refractivity contribution in [2.24, 2.45) is 0 Å². The number of nitrogens with zero attached hydrogens (tertiary/aromatic N) is 1. The summed E-state index contributed by atoms with van der Waals surface area (Å²) >= 11 is 0. The second kappa shape index (κ2) is 7.26. The van der Waals surface area contributed by atoms with Gasteiger partial charge >= 0.3 is 6.18 Å². The van der Waals surface area contributed by atoms with Gasteiger partial charge in [0, 0.05) is 10.9 Å². The van der Waals surface area contributed by atoms with E-state index >= 15 is 0 Å². The molecule has 142 valence electrons. The first-order chi connectivity index (χ1) is 12.7. The topological polar surface area (TPSA) is 67.0 Å². The highest BCUT2D eigenvalue weighted by molar-refractivity contribution is 5.98. The maximum atomic E-state index is 13.7. The van der Waals surface area contributed by atoms with Gasteiger partial charge in [0.25, 0.3) is 5.91 Å². The highest BCUT2D eigenvalue weighted by Crippen LogP contribution is 2.21. The van der Waals surface area contributed by atoms with E-state index in [-0.39, 0.29) is 11.4 Å². The standard InChI is InChI=1S/C18H15F4N3O2/c1-10(14-6-5-11(8-23-14)27-9-18(20,21)22)24-17(26)16-7-12-13(19)3-2-4-15(12)25-16/h2-8,10,25H,9H2,1H3,(H,24,26)/t10-/m1/s1. The van der Waals surface area contributed by atoms with Crippen LogP contribution in [0.15, 0.2) is 42.6 Å². The third kappa shape index (κ3) is 4.55. The maximum Gasteiger partial charge on any atom is 0.422 e. The number of rotatable bonds is 5. The number of aromatic nitrogens is 2. The van der Waals surface area contributed by atoms with Crippen molar-refractivity contribution in [2.75, 3.05) is 6.61 Å². The molecule has 0 aliphatic heterocycles. The highest BCUT2D eigenvalue weighted by Gasteiger charge is 2.28. The van der Waals surface area contributed by atoms with E-state index in [4.69, 9.17) is 0 Å². The number of ether oxygens (including phenoxy) is 1. The van der Waals surface area contributed by atoms with E-state index in [0.717, 1.165) is 6.20 Å². The minimum Gasteiger partial charge on any atom is -0.483 e. The molecule has 1 atom stereocenters. The van der Waals surface area contributed by atoms with Crippen LogP contribution in [0.4, 0.5) is 17.6 Å². The predicted octanol–water partition coefficient (Wildman–Crippen LogP) is 4.13. The molecular weight excluding hydrogens is 366 g/mol. The Morgan fingerprint density at radius 1 is 1.30 bits per heavy atom.